The number of likely N-dealkylation sites (N-methyl/N-ethyl adjacent to an activating group) is 1. The van der Waals surface area contributed by atoms with Gasteiger partial charge in [-0.05, 0) is 31.0 Å². The monoisotopic (exact) mass is 297 g/mol. The van der Waals surface area contributed by atoms with Crippen LogP contribution in [0, 0.1) is 11.3 Å². The predicted octanol–water partition coefficient (Wildman–Crippen LogP) is 2.29. The Balaban J connectivity index is 2.15. The lowest BCUT2D eigenvalue weighted by Crippen LogP contribution is -2.36. The molecule has 1 N–H and O–H groups in total. The third kappa shape index (κ3) is 3.88. The molecule has 1 fully saturated rings. The van der Waals surface area contributed by atoms with Gasteiger partial charge in [0.1, 0.15) is 0 Å². The standard InChI is InChI=1S/C14H14F3N3O/c1-20(8-13(21)19-10-3-4-10)11-5-2-9(7-18)12(6-11)14(15,16)17/h2,5-6,10H,3-4,8H2,1H3,(H,19,21). The fourth-order valence-corrected chi connectivity index (χ4v) is 1.91. The number of halogens is 3. The Kier molecular flexibility index (Phi) is 4.07. The number of nitriles is 1. The molecule has 1 amide bonds. The Morgan fingerprint density at radius 1 is 1.48 bits per heavy atom. The summed E-state index contributed by atoms with van der Waals surface area (Å²) < 4.78 is 38.6. The molecule has 2 rings (SSSR count). The van der Waals surface area contributed by atoms with Gasteiger partial charge in [-0.3, -0.25) is 4.79 Å². The SMILES string of the molecule is CN(CC(=O)NC1CC1)c1ccc(C#N)c(C(F)(F)F)c1. The van der Waals surface area contributed by atoms with Crippen LogP contribution in [0.2, 0.25) is 0 Å². The Morgan fingerprint density at radius 2 is 2.14 bits per heavy atom. The molecular weight excluding hydrogens is 283 g/mol. The van der Waals surface area contributed by atoms with E-state index in [-0.39, 0.29) is 24.2 Å². The molecule has 112 valence electrons. The van der Waals surface area contributed by atoms with Crippen molar-refractivity contribution in [3.63, 3.8) is 0 Å². The van der Waals surface area contributed by atoms with Crippen LogP contribution < -0.4 is 10.2 Å². The van der Waals surface area contributed by atoms with Crippen molar-refractivity contribution in [2.75, 3.05) is 18.5 Å². The van der Waals surface area contributed by atoms with Crippen LogP contribution in [0.5, 0.6) is 0 Å². The highest BCUT2D eigenvalue weighted by atomic mass is 19.4. The van der Waals surface area contributed by atoms with Crippen LogP contribution in [-0.4, -0.2) is 25.5 Å². The summed E-state index contributed by atoms with van der Waals surface area (Å²) in [5.41, 5.74) is -1.17. The molecule has 1 aromatic carbocycles. The van der Waals surface area contributed by atoms with E-state index in [2.05, 4.69) is 5.32 Å². The fraction of sp³-hybridized carbons (Fsp3) is 0.429. The largest absolute Gasteiger partial charge is 0.417 e. The molecule has 1 aromatic rings. The van der Waals surface area contributed by atoms with Gasteiger partial charge in [0.25, 0.3) is 0 Å². The van der Waals surface area contributed by atoms with Crippen molar-refractivity contribution < 1.29 is 18.0 Å². The van der Waals surface area contributed by atoms with Crippen molar-refractivity contribution in [3.05, 3.63) is 29.3 Å². The second-order valence-corrected chi connectivity index (χ2v) is 5.04. The maximum Gasteiger partial charge on any atom is 0.417 e. The first kappa shape index (κ1) is 15.2. The summed E-state index contributed by atoms with van der Waals surface area (Å²) in [5, 5.41) is 11.5. The van der Waals surface area contributed by atoms with Gasteiger partial charge in [-0.1, -0.05) is 0 Å². The van der Waals surface area contributed by atoms with Gasteiger partial charge >= 0.3 is 6.18 Å². The molecular formula is C14H14F3N3O. The normalized spacial score (nSPS) is 14.4. The Bertz CT molecular complexity index is 588. The van der Waals surface area contributed by atoms with Crippen LogP contribution in [-0.2, 0) is 11.0 Å². The van der Waals surface area contributed by atoms with Crippen molar-refractivity contribution in [1.29, 1.82) is 5.26 Å². The smallest absolute Gasteiger partial charge is 0.365 e. The Morgan fingerprint density at radius 3 is 2.67 bits per heavy atom. The maximum atomic E-state index is 12.9. The van der Waals surface area contributed by atoms with Gasteiger partial charge in [-0.2, -0.15) is 18.4 Å². The molecule has 0 atom stereocenters. The number of hydrogen-bond acceptors (Lipinski definition) is 3. The molecule has 0 heterocycles. The van der Waals surface area contributed by atoms with Gasteiger partial charge in [-0.15, -0.1) is 0 Å². The number of benzene rings is 1. The average Bonchev–Trinajstić information content (AvgIpc) is 3.20. The third-order valence-corrected chi connectivity index (χ3v) is 3.19. The van der Waals surface area contributed by atoms with Crippen LogP contribution >= 0.6 is 0 Å². The first-order chi connectivity index (χ1) is 9.81. The van der Waals surface area contributed by atoms with Gasteiger partial charge in [0.05, 0.1) is 23.7 Å². The van der Waals surface area contributed by atoms with E-state index in [4.69, 9.17) is 5.26 Å². The molecule has 0 aromatic heterocycles. The molecule has 1 aliphatic rings. The topological polar surface area (TPSA) is 56.1 Å². The number of rotatable bonds is 4. The zero-order valence-corrected chi connectivity index (χ0v) is 11.4. The lowest BCUT2D eigenvalue weighted by molar-refractivity contribution is -0.137. The first-order valence-electron chi connectivity index (χ1n) is 6.43. The van der Waals surface area contributed by atoms with E-state index >= 15 is 0 Å². The minimum atomic E-state index is -4.60. The highest BCUT2D eigenvalue weighted by Crippen LogP contribution is 2.34. The molecule has 1 saturated carbocycles. The van der Waals surface area contributed by atoms with Gasteiger partial charge in [-0.25, -0.2) is 0 Å². The van der Waals surface area contributed by atoms with Crippen molar-refractivity contribution in [3.8, 4) is 6.07 Å². The summed E-state index contributed by atoms with van der Waals surface area (Å²) in [6, 6.07) is 5.14. The lowest BCUT2D eigenvalue weighted by Gasteiger charge is -2.20. The summed E-state index contributed by atoms with van der Waals surface area (Å²) in [6.45, 7) is -0.0281. The van der Waals surface area contributed by atoms with Crippen LogP contribution in [0.15, 0.2) is 18.2 Å². The molecule has 0 bridgehead atoms. The second kappa shape index (κ2) is 5.64. The van der Waals surface area contributed by atoms with Crippen LogP contribution in [0.4, 0.5) is 18.9 Å². The number of nitrogens with zero attached hydrogens (tertiary/aromatic N) is 2. The molecule has 7 heteroatoms. The predicted molar refractivity (Wildman–Crippen MR) is 70.6 cm³/mol. The van der Waals surface area contributed by atoms with E-state index in [9.17, 15) is 18.0 Å². The number of nitrogens with one attached hydrogen (secondary N) is 1. The van der Waals surface area contributed by atoms with Crippen molar-refractivity contribution >= 4 is 11.6 Å². The van der Waals surface area contributed by atoms with E-state index in [0.717, 1.165) is 25.0 Å². The summed E-state index contributed by atoms with van der Waals surface area (Å²) >= 11 is 0. The molecule has 0 unspecified atom stereocenters. The maximum absolute atomic E-state index is 12.9. The van der Waals surface area contributed by atoms with E-state index in [0.29, 0.717) is 0 Å². The number of carbonyl (C=O) groups excluding carboxylic acids is 1. The zero-order valence-electron chi connectivity index (χ0n) is 11.4. The van der Waals surface area contributed by atoms with Gasteiger partial charge < -0.3 is 10.2 Å². The summed E-state index contributed by atoms with van der Waals surface area (Å²) in [6.07, 6.45) is -2.70. The van der Waals surface area contributed by atoms with Gasteiger partial charge in [0.2, 0.25) is 5.91 Å². The quantitative estimate of drug-likeness (QED) is 0.927. The van der Waals surface area contributed by atoms with Gasteiger partial charge in [0.15, 0.2) is 0 Å². The van der Waals surface area contributed by atoms with Crippen LogP contribution in [0.1, 0.15) is 24.0 Å². The molecule has 0 aliphatic heterocycles. The van der Waals surface area contributed by atoms with E-state index in [1.807, 2.05) is 0 Å². The molecule has 4 nitrogen and oxygen atoms in total. The average molecular weight is 297 g/mol. The number of carbonyl (C=O) groups is 1. The Hall–Kier alpha value is -2.23. The highest BCUT2D eigenvalue weighted by molar-refractivity contribution is 5.81. The Labute approximate surface area is 120 Å². The zero-order chi connectivity index (χ0) is 15.6. The summed E-state index contributed by atoms with van der Waals surface area (Å²) in [5.74, 6) is -0.224. The van der Waals surface area contributed by atoms with Crippen molar-refractivity contribution in [2.45, 2.75) is 25.1 Å². The molecule has 0 radical (unpaired) electrons. The van der Waals surface area contributed by atoms with Crippen LogP contribution in [0.25, 0.3) is 0 Å². The summed E-state index contributed by atoms with van der Waals surface area (Å²) in [4.78, 5) is 13.1. The number of amides is 1. The van der Waals surface area contributed by atoms with Crippen molar-refractivity contribution in [1.82, 2.24) is 5.32 Å². The minimum absolute atomic E-state index is 0.0281. The molecule has 21 heavy (non-hydrogen) atoms. The lowest BCUT2D eigenvalue weighted by atomic mass is 10.1. The fourth-order valence-electron chi connectivity index (χ4n) is 1.91. The number of anilines is 1. The van der Waals surface area contributed by atoms with Crippen molar-refractivity contribution in [2.24, 2.45) is 0 Å². The van der Waals surface area contributed by atoms with Gasteiger partial charge in [0, 0.05) is 18.8 Å². The molecule has 0 saturated heterocycles. The highest BCUT2D eigenvalue weighted by Gasteiger charge is 2.34. The van der Waals surface area contributed by atoms with E-state index in [1.165, 1.54) is 24.1 Å². The number of hydrogen-bond donors (Lipinski definition) is 1. The molecule has 1 aliphatic carbocycles. The number of alkyl halides is 3. The second-order valence-electron chi connectivity index (χ2n) is 5.04. The van der Waals surface area contributed by atoms with E-state index in [1.54, 1.807) is 0 Å². The minimum Gasteiger partial charge on any atom is -0.365 e. The molecule has 0 spiro atoms. The van der Waals surface area contributed by atoms with Crippen LogP contribution in [0.3, 0.4) is 0 Å². The first-order valence-corrected chi connectivity index (χ1v) is 6.43. The van der Waals surface area contributed by atoms with E-state index < -0.39 is 17.3 Å². The summed E-state index contributed by atoms with van der Waals surface area (Å²) in [7, 11) is 1.54. The third-order valence-electron chi connectivity index (χ3n) is 3.19.